The molecule has 1 fully saturated rings. The number of likely N-dealkylation sites (N-methyl/N-ethyl adjacent to an activating group) is 1. The fraction of sp³-hybridized carbons (Fsp3) is 0.368. The summed E-state index contributed by atoms with van der Waals surface area (Å²) in [5, 5.41) is 3.20. The smallest absolute Gasteiger partial charge is 0.274 e. The number of carbonyl (C=O) groups is 1. The van der Waals surface area contributed by atoms with E-state index in [1.165, 1.54) is 14.2 Å². The van der Waals surface area contributed by atoms with E-state index < -0.39 is 0 Å². The third kappa shape index (κ3) is 4.43. The molecule has 7 nitrogen and oxygen atoms in total. The van der Waals surface area contributed by atoms with Crippen LogP contribution in [0.25, 0.3) is 0 Å². The maximum atomic E-state index is 12.6. The predicted molar refractivity (Wildman–Crippen MR) is 106 cm³/mol. The number of hydrogen-bond acceptors (Lipinski definition) is 6. The lowest BCUT2D eigenvalue weighted by molar-refractivity contribution is 0.102. The SMILES string of the molecule is COc1cc(NC(=O)c2ccc(N3CCN(C)CC3)cn2)c(OC)cc1Cl. The zero-order chi connectivity index (χ0) is 19.4. The number of methoxy groups -OCH3 is 2. The van der Waals surface area contributed by atoms with Gasteiger partial charge in [0, 0.05) is 38.3 Å². The molecular formula is C19H23ClN4O3. The van der Waals surface area contributed by atoms with Gasteiger partial charge in [-0.15, -0.1) is 0 Å². The summed E-state index contributed by atoms with van der Waals surface area (Å²) in [6, 6.07) is 6.87. The minimum atomic E-state index is -0.331. The number of hydrogen-bond donors (Lipinski definition) is 1. The average Bonchev–Trinajstić information content (AvgIpc) is 2.69. The second-order valence-electron chi connectivity index (χ2n) is 6.33. The highest BCUT2D eigenvalue weighted by Gasteiger charge is 2.17. The van der Waals surface area contributed by atoms with Crippen LogP contribution in [0.15, 0.2) is 30.5 Å². The van der Waals surface area contributed by atoms with E-state index in [0.29, 0.717) is 27.9 Å². The Kier molecular flexibility index (Phi) is 6.03. The highest BCUT2D eigenvalue weighted by Crippen LogP contribution is 2.36. The first-order chi connectivity index (χ1) is 13.0. The van der Waals surface area contributed by atoms with Crippen molar-refractivity contribution in [1.82, 2.24) is 9.88 Å². The third-order valence-electron chi connectivity index (χ3n) is 4.57. The molecule has 8 heteroatoms. The van der Waals surface area contributed by atoms with Crippen LogP contribution in [0.1, 0.15) is 10.5 Å². The normalized spacial score (nSPS) is 14.7. The summed E-state index contributed by atoms with van der Waals surface area (Å²) < 4.78 is 10.5. The zero-order valence-electron chi connectivity index (χ0n) is 15.7. The van der Waals surface area contributed by atoms with Crippen LogP contribution in [0, 0.1) is 0 Å². The Hall–Kier alpha value is -2.51. The molecule has 0 radical (unpaired) electrons. The average molecular weight is 391 g/mol. The van der Waals surface area contributed by atoms with Crippen LogP contribution in [-0.2, 0) is 0 Å². The Morgan fingerprint density at radius 2 is 1.81 bits per heavy atom. The van der Waals surface area contributed by atoms with Crippen molar-refractivity contribution in [2.75, 3.05) is 57.7 Å². The molecule has 1 amide bonds. The van der Waals surface area contributed by atoms with Crippen molar-refractivity contribution in [3.63, 3.8) is 0 Å². The van der Waals surface area contributed by atoms with Gasteiger partial charge in [-0.05, 0) is 19.2 Å². The van der Waals surface area contributed by atoms with Gasteiger partial charge in [0.2, 0.25) is 0 Å². The molecule has 1 aliphatic rings. The van der Waals surface area contributed by atoms with E-state index in [9.17, 15) is 4.79 Å². The number of carbonyl (C=O) groups excluding carboxylic acids is 1. The van der Waals surface area contributed by atoms with Gasteiger partial charge in [-0.3, -0.25) is 4.79 Å². The summed E-state index contributed by atoms with van der Waals surface area (Å²) in [5.41, 5.74) is 1.81. The molecule has 0 unspecified atom stereocenters. The van der Waals surface area contributed by atoms with Gasteiger partial charge in [0.25, 0.3) is 5.91 Å². The summed E-state index contributed by atoms with van der Waals surface area (Å²) >= 11 is 6.10. The molecule has 1 aliphatic heterocycles. The highest BCUT2D eigenvalue weighted by atomic mass is 35.5. The maximum Gasteiger partial charge on any atom is 0.274 e. The minimum absolute atomic E-state index is 0.323. The molecule has 0 saturated carbocycles. The number of nitrogens with zero attached hydrogens (tertiary/aromatic N) is 3. The number of amides is 1. The van der Waals surface area contributed by atoms with E-state index in [4.69, 9.17) is 21.1 Å². The Bertz CT molecular complexity index is 805. The van der Waals surface area contributed by atoms with Crippen LogP contribution in [0.3, 0.4) is 0 Å². The summed E-state index contributed by atoms with van der Waals surface area (Å²) in [4.78, 5) is 21.5. The number of aromatic nitrogens is 1. The fourth-order valence-electron chi connectivity index (χ4n) is 2.92. The van der Waals surface area contributed by atoms with Crippen molar-refractivity contribution in [1.29, 1.82) is 0 Å². The second-order valence-corrected chi connectivity index (χ2v) is 6.74. The topological polar surface area (TPSA) is 66.9 Å². The zero-order valence-corrected chi connectivity index (χ0v) is 16.4. The lowest BCUT2D eigenvalue weighted by atomic mass is 10.2. The molecule has 2 aromatic rings. The highest BCUT2D eigenvalue weighted by molar-refractivity contribution is 6.32. The number of anilines is 2. The Morgan fingerprint density at radius 3 is 2.41 bits per heavy atom. The first-order valence-corrected chi connectivity index (χ1v) is 9.02. The molecule has 3 rings (SSSR count). The second kappa shape index (κ2) is 8.45. The first kappa shape index (κ1) is 19.3. The van der Waals surface area contributed by atoms with E-state index >= 15 is 0 Å². The number of ether oxygens (including phenoxy) is 2. The van der Waals surface area contributed by atoms with Gasteiger partial charge in [0.05, 0.1) is 36.8 Å². The molecule has 144 valence electrons. The van der Waals surface area contributed by atoms with Crippen LogP contribution in [0.5, 0.6) is 11.5 Å². The molecule has 1 saturated heterocycles. The quantitative estimate of drug-likeness (QED) is 0.846. The summed E-state index contributed by atoms with van der Waals surface area (Å²) in [6.45, 7) is 3.93. The number of nitrogens with one attached hydrogen (secondary N) is 1. The molecule has 27 heavy (non-hydrogen) atoms. The van der Waals surface area contributed by atoms with Gasteiger partial charge in [-0.1, -0.05) is 11.6 Å². The number of pyridine rings is 1. The molecule has 1 aromatic carbocycles. The van der Waals surface area contributed by atoms with Crippen molar-refractivity contribution in [2.45, 2.75) is 0 Å². The molecular weight excluding hydrogens is 368 g/mol. The first-order valence-electron chi connectivity index (χ1n) is 8.64. The van der Waals surface area contributed by atoms with E-state index in [0.717, 1.165) is 31.9 Å². The van der Waals surface area contributed by atoms with Crippen LogP contribution >= 0.6 is 11.6 Å². The lowest BCUT2D eigenvalue weighted by Crippen LogP contribution is -2.44. The Balaban J connectivity index is 1.73. The standard InChI is InChI=1S/C19H23ClN4O3/c1-23-6-8-24(9-7-23)13-4-5-15(21-12-13)19(25)22-16-11-17(26-2)14(20)10-18(16)27-3/h4-5,10-12H,6-9H2,1-3H3,(H,22,25). The molecule has 1 N–H and O–H groups in total. The lowest BCUT2D eigenvalue weighted by Gasteiger charge is -2.33. The van der Waals surface area contributed by atoms with E-state index in [1.807, 2.05) is 6.07 Å². The molecule has 0 atom stereocenters. The van der Waals surface area contributed by atoms with Gasteiger partial charge in [-0.2, -0.15) is 0 Å². The van der Waals surface area contributed by atoms with E-state index in [2.05, 4.69) is 27.1 Å². The van der Waals surface area contributed by atoms with Crippen molar-refractivity contribution < 1.29 is 14.3 Å². The Labute approximate surface area is 163 Å². The molecule has 0 spiro atoms. The number of halogens is 1. The van der Waals surface area contributed by atoms with Gasteiger partial charge < -0.3 is 24.6 Å². The van der Waals surface area contributed by atoms with E-state index in [1.54, 1.807) is 24.4 Å². The molecule has 1 aromatic heterocycles. The Morgan fingerprint density at radius 1 is 1.11 bits per heavy atom. The number of piperazine rings is 1. The molecule has 0 aliphatic carbocycles. The number of rotatable bonds is 5. The van der Waals surface area contributed by atoms with Gasteiger partial charge in [0.1, 0.15) is 17.2 Å². The van der Waals surface area contributed by atoms with Crippen LogP contribution in [0.2, 0.25) is 5.02 Å². The van der Waals surface area contributed by atoms with Crippen molar-refractivity contribution in [3.8, 4) is 11.5 Å². The summed E-state index contributed by atoms with van der Waals surface area (Å²) in [5.74, 6) is 0.567. The predicted octanol–water partition coefficient (Wildman–Crippen LogP) is 2.76. The summed E-state index contributed by atoms with van der Waals surface area (Å²) in [7, 11) is 5.14. The fourth-order valence-corrected chi connectivity index (χ4v) is 3.15. The van der Waals surface area contributed by atoms with Crippen LogP contribution in [-0.4, -0.2) is 63.2 Å². The molecule has 2 heterocycles. The van der Waals surface area contributed by atoms with Crippen molar-refractivity contribution >= 4 is 28.9 Å². The summed E-state index contributed by atoms with van der Waals surface area (Å²) in [6.07, 6.45) is 1.74. The van der Waals surface area contributed by atoms with Crippen molar-refractivity contribution in [2.24, 2.45) is 0 Å². The number of benzene rings is 1. The van der Waals surface area contributed by atoms with Gasteiger partial charge in [-0.25, -0.2) is 4.98 Å². The third-order valence-corrected chi connectivity index (χ3v) is 4.87. The maximum absolute atomic E-state index is 12.6. The minimum Gasteiger partial charge on any atom is -0.495 e. The van der Waals surface area contributed by atoms with Gasteiger partial charge in [0.15, 0.2) is 0 Å². The monoisotopic (exact) mass is 390 g/mol. The van der Waals surface area contributed by atoms with Crippen molar-refractivity contribution in [3.05, 3.63) is 41.2 Å². The van der Waals surface area contributed by atoms with Crippen LogP contribution < -0.4 is 19.7 Å². The van der Waals surface area contributed by atoms with Crippen LogP contribution in [0.4, 0.5) is 11.4 Å². The van der Waals surface area contributed by atoms with E-state index in [-0.39, 0.29) is 5.91 Å². The largest absolute Gasteiger partial charge is 0.495 e. The molecule has 0 bridgehead atoms. The van der Waals surface area contributed by atoms with Gasteiger partial charge >= 0.3 is 0 Å².